The molecule has 0 aromatic carbocycles. The summed E-state index contributed by atoms with van der Waals surface area (Å²) in [4.78, 5) is 13.8. The molecular formula is C9H10N4O2S. The number of hydrogen-bond donors (Lipinski definition) is 1. The number of anilines is 1. The van der Waals surface area contributed by atoms with Crippen LogP contribution in [0.15, 0.2) is 12.1 Å². The second-order valence-electron chi connectivity index (χ2n) is 2.85. The van der Waals surface area contributed by atoms with E-state index in [0.29, 0.717) is 12.4 Å². The van der Waals surface area contributed by atoms with E-state index in [1.807, 2.05) is 6.26 Å². The molecule has 0 aliphatic heterocycles. The van der Waals surface area contributed by atoms with Gasteiger partial charge in [0, 0.05) is 18.4 Å². The summed E-state index contributed by atoms with van der Waals surface area (Å²) in [6.45, 7) is 0.705. The largest absolute Gasteiger partial charge is 0.369 e. The standard InChI is InChI=1S/C9H10N4O2S/c1-16-5-4-11-9-3-2-8(13(14)15)7(6-10)12-9/h2-3H,4-5H2,1H3,(H,11,12). The lowest BCUT2D eigenvalue weighted by Gasteiger charge is -2.04. The minimum Gasteiger partial charge on any atom is -0.369 e. The number of hydrogen-bond acceptors (Lipinski definition) is 6. The van der Waals surface area contributed by atoms with E-state index in [1.165, 1.54) is 12.1 Å². The van der Waals surface area contributed by atoms with Crippen LogP contribution in [-0.4, -0.2) is 28.5 Å². The fourth-order valence-electron chi connectivity index (χ4n) is 1.06. The first-order chi connectivity index (χ1) is 7.69. The van der Waals surface area contributed by atoms with Crippen LogP contribution in [0.3, 0.4) is 0 Å². The molecule has 0 unspecified atom stereocenters. The van der Waals surface area contributed by atoms with Crippen LogP contribution < -0.4 is 5.32 Å². The maximum atomic E-state index is 10.5. The van der Waals surface area contributed by atoms with Crippen molar-refractivity contribution in [2.45, 2.75) is 0 Å². The smallest absolute Gasteiger partial charge is 0.305 e. The first-order valence-corrected chi connectivity index (χ1v) is 5.86. The van der Waals surface area contributed by atoms with Crippen molar-refractivity contribution >= 4 is 23.3 Å². The Bertz CT molecular complexity index is 430. The third-order valence-corrected chi connectivity index (χ3v) is 2.40. The summed E-state index contributed by atoms with van der Waals surface area (Å²) in [7, 11) is 0. The highest BCUT2D eigenvalue weighted by Gasteiger charge is 2.15. The molecular weight excluding hydrogens is 228 g/mol. The number of nitrogens with zero attached hydrogens (tertiary/aromatic N) is 3. The lowest BCUT2D eigenvalue weighted by Crippen LogP contribution is -2.06. The molecule has 0 aliphatic rings. The van der Waals surface area contributed by atoms with Gasteiger partial charge in [0.1, 0.15) is 11.9 Å². The van der Waals surface area contributed by atoms with Gasteiger partial charge in [-0.1, -0.05) is 0 Å². The predicted molar refractivity (Wildman–Crippen MR) is 62.5 cm³/mol. The van der Waals surface area contributed by atoms with Crippen LogP contribution in [0.25, 0.3) is 0 Å². The second kappa shape index (κ2) is 5.92. The highest BCUT2D eigenvalue weighted by Crippen LogP contribution is 2.17. The summed E-state index contributed by atoms with van der Waals surface area (Å²) in [6, 6.07) is 4.49. The average molecular weight is 238 g/mol. The summed E-state index contributed by atoms with van der Waals surface area (Å²) in [5, 5.41) is 22.2. The average Bonchev–Trinajstić information content (AvgIpc) is 2.29. The lowest BCUT2D eigenvalue weighted by atomic mass is 10.3. The SMILES string of the molecule is CSCCNc1ccc([N+](=O)[O-])c(C#N)n1. The number of aromatic nitrogens is 1. The number of nitriles is 1. The zero-order chi connectivity index (χ0) is 12.0. The maximum absolute atomic E-state index is 10.5. The van der Waals surface area contributed by atoms with Crippen molar-refractivity contribution in [3.05, 3.63) is 27.9 Å². The molecule has 1 aromatic heterocycles. The van der Waals surface area contributed by atoms with Gasteiger partial charge < -0.3 is 5.32 Å². The molecule has 16 heavy (non-hydrogen) atoms. The summed E-state index contributed by atoms with van der Waals surface area (Å²) in [5.74, 6) is 1.39. The van der Waals surface area contributed by atoms with Crippen LogP contribution in [0.2, 0.25) is 0 Å². The molecule has 0 saturated heterocycles. The molecule has 84 valence electrons. The quantitative estimate of drug-likeness (QED) is 0.476. The molecule has 0 atom stereocenters. The zero-order valence-corrected chi connectivity index (χ0v) is 9.45. The van der Waals surface area contributed by atoms with E-state index in [0.717, 1.165) is 5.75 Å². The fourth-order valence-corrected chi connectivity index (χ4v) is 1.37. The van der Waals surface area contributed by atoms with Crippen molar-refractivity contribution in [1.82, 2.24) is 4.98 Å². The van der Waals surface area contributed by atoms with Crippen LogP contribution in [0.5, 0.6) is 0 Å². The van der Waals surface area contributed by atoms with Crippen LogP contribution in [0.1, 0.15) is 5.69 Å². The molecule has 0 spiro atoms. The highest BCUT2D eigenvalue weighted by atomic mass is 32.2. The van der Waals surface area contributed by atoms with Crippen LogP contribution in [-0.2, 0) is 0 Å². The lowest BCUT2D eigenvalue weighted by molar-refractivity contribution is -0.385. The first kappa shape index (κ1) is 12.3. The Balaban J connectivity index is 2.84. The van der Waals surface area contributed by atoms with Gasteiger partial charge in [0.25, 0.3) is 0 Å². The molecule has 0 fully saturated rings. The van der Waals surface area contributed by atoms with Gasteiger partial charge in [-0.05, 0) is 12.3 Å². The molecule has 7 heteroatoms. The molecule has 0 aliphatic carbocycles. The Kier molecular flexibility index (Phi) is 4.54. The van der Waals surface area contributed by atoms with E-state index < -0.39 is 4.92 Å². The molecule has 0 saturated carbocycles. The second-order valence-corrected chi connectivity index (χ2v) is 3.84. The normalized spacial score (nSPS) is 9.50. The zero-order valence-electron chi connectivity index (χ0n) is 8.64. The Morgan fingerprint density at radius 2 is 2.44 bits per heavy atom. The molecule has 6 nitrogen and oxygen atoms in total. The minimum atomic E-state index is -0.614. The van der Waals surface area contributed by atoms with Crippen LogP contribution in [0, 0.1) is 21.4 Å². The number of nitro groups is 1. The summed E-state index contributed by atoms with van der Waals surface area (Å²) in [6.07, 6.45) is 1.98. The van der Waals surface area contributed by atoms with Crippen molar-refractivity contribution in [3.63, 3.8) is 0 Å². The number of thioether (sulfide) groups is 1. The van der Waals surface area contributed by atoms with Crippen LogP contribution in [0.4, 0.5) is 11.5 Å². The molecule has 1 rings (SSSR count). The monoisotopic (exact) mass is 238 g/mol. The minimum absolute atomic E-state index is 0.167. The predicted octanol–water partition coefficient (Wildman–Crippen LogP) is 1.64. The number of pyridine rings is 1. The Hall–Kier alpha value is -1.81. The Morgan fingerprint density at radius 3 is 3.00 bits per heavy atom. The van der Waals surface area contributed by atoms with Gasteiger partial charge in [0.2, 0.25) is 5.69 Å². The highest BCUT2D eigenvalue weighted by molar-refractivity contribution is 7.98. The van der Waals surface area contributed by atoms with E-state index in [4.69, 9.17) is 5.26 Å². The van der Waals surface area contributed by atoms with Gasteiger partial charge >= 0.3 is 5.69 Å². The van der Waals surface area contributed by atoms with E-state index in [2.05, 4.69) is 10.3 Å². The maximum Gasteiger partial charge on any atom is 0.305 e. The van der Waals surface area contributed by atoms with Crippen molar-refractivity contribution in [3.8, 4) is 6.07 Å². The molecule has 0 radical (unpaired) electrons. The topological polar surface area (TPSA) is 91.9 Å². The molecule has 1 heterocycles. The summed E-state index contributed by atoms with van der Waals surface area (Å²) >= 11 is 1.68. The van der Waals surface area contributed by atoms with E-state index in [9.17, 15) is 10.1 Å². The summed E-state index contributed by atoms with van der Waals surface area (Å²) in [5.41, 5.74) is -0.433. The van der Waals surface area contributed by atoms with Crippen molar-refractivity contribution in [2.75, 3.05) is 23.9 Å². The van der Waals surface area contributed by atoms with Crippen LogP contribution >= 0.6 is 11.8 Å². The van der Waals surface area contributed by atoms with Crippen molar-refractivity contribution < 1.29 is 4.92 Å². The van der Waals surface area contributed by atoms with Gasteiger partial charge in [-0.15, -0.1) is 0 Å². The third-order valence-electron chi connectivity index (χ3n) is 1.79. The molecule has 1 N–H and O–H groups in total. The fraction of sp³-hybridized carbons (Fsp3) is 0.333. The number of rotatable bonds is 5. The van der Waals surface area contributed by atoms with Gasteiger partial charge in [0.05, 0.1) is 4.92 Å². The van der Waals surface area contributed by atoms with Gasteiger partial charge in [0.15, 0.2) is 0 Å². The molecule has 1 aromatic rings. The van der Waals surface area contributed by atoms with Crippen molar-refractivity contribution in [1.29, 1.82) is 5.26 Å². The van der Waals surface area contributed by atoms with Gasteiger partial charge in [-0.3, -0.25) is 10.1 Å². The third kappa shape index (κ3) is 3.10. The van der Waals surface area contributed by atoms with E-state index in [1.54, 1.807) is 17.8 Å². The Morgan fingerprint density at radius 1 is 1.69 bits per heavy atom. The van der Waals surface area contributed by atoms with E-state index >= 15 is 0 Å². The number of nitrogens with one attached hydrogen (secondary N) is 1. The molecule has 0 amide bonds. The summed E-state index contributed by atoms with van der Waals surface area (Å²) < 4.78 is 0. The van der Waals surface area contributed by atoms with Gasteiger partial charge in [-0.2, -0.15) is 17.0 Å². The molecule has 0 bridgehead atoms. The van der Waals surface area contributed by atoms with Gasteiger partial charge in [-0.25, -0.2) is 4.98 Å². The Labute approximate surface area is 96.8 Å². The van der Waals surface area contributed by atoms with E-state index in [-0.39, 0.29) is 11.4 Å². The van der Waals surface area contributed by atoms with Crippen molar-refractivity contribution in [2.24, 2.45) is 0 Å². The first-order valence-electron chi connectivity index (χ1n) is 4.47.